The fourth-order valence-electron chi connectivity index (χ4n) is 3.80. The highest BCUT2D eigenvalue weighted by molar-refractivity contribution is 6.07. The summed E-state index contributed by atoms with van der Waals surface area (Å²) < 4.78 is 0. The number of anilines is 1. The van der Waals surface area contributed by atoms with Crippen LogP contribution in [0.2, 0.25) is 0 Å². The first-order chi connectivity index (χ1) is 13.7. The summed E-state index contributed by atoms with van der Waals surface area (Å²) in [6, 6.07) is 19.6. The zero-order valence-corrected chi connectivity index (χ0v) is 14.9. The van der Waals surface area contributed by atoms with Crippen molar-refractivity contribution in [3.05, 3.63) is 100 Å². The molecule has 0 bridgehead atoms. The average molecular weight is 368 g/mol. The summed E-state index contributed by atoms with van der Waals surface area (Å²) >= 11 is 0. The van der Waals surface area contributed by atoms with Crippen molar-refractivity contribution in [2.75, 3.05) is 11.4 Å². The minimum absolute atomic E-state index is 0.104. The van der Waals surface area contributed by atoms with Crippen LogP contribution in [-0.4, -0.2) is 27.4 Å². The van der Waals surface area contributed by atoms with Crippen LogP contribution in [0.5, 0.6) is 0 Å². The minimum Gasteiger partial charge on any atom is -0.313 e. The summed E-state index contributed by atoms with van der Waals surface area (Å²) in [4.78, 5) is 38.0. The van der Waals surface area contributed by atoms with Gasteiger partial charge in [0.1, 0.15) is 5.69 Å². The number of para-hydroxylation sites is 1. The minimum atomic E-state index is -0.287. The van der Waals surface area contributed by atoms with Crippen molar-refractivity contribution in [3.63, 3.8) is 0 Å². The molecule has 4 aromatic rings. The molecule has 2 aromatic carbocycles. The highest BCUT2D eigenvalue weighted by Gasteiger charge is 2.34. The van der Waals surface area contributed by atoms with Gasteiger partial charge in [0, 0.05) is 18.2 Å². The molecule has 1 N–H and O–H groups in total. The second kappa shape index (κ2) is 6.42. The molecule has 1 aliphatic heterocycles. The van der Waals surface area contributed by atoms with Crippen molar-refractivity contribution >= 4 is 22.5 Å². The molecule has 5 rings (SSSR count). The number of carbonyl (C=O) groups excluding carboxylic acids is 1. The number of H-pyrrole nitrogens is 1. The van der Waals surface area contributed by atoms with Gasteiger partial charge in [-0.1, -0.05) is 48.5 Å². The summed E-state index contributed by atoms with van der Waals surface area (Å²) in [6.45, 7) is 0.533. The zero-order chi connectivity index (χ0) is 19.1. The summed E-state index contributed by atoms with van der Waals surface area (Å²) in [5.74, 6) is -0.122. The first-order valence-electron chi connectivity index (χ1n) is 9.01. The van der Waals surface area contributed by atoms with Crippen LogP contribution >= 0.6 is 0 Å². The lowest BCUT2D eigenvalue weighted by atomic mass is 9.93. The van der Waals surface area contributed by atoms with Crippen LogP contribution in [-0.2, 0) is 0 Å². The summed E-state index contributed by atoms with van der Waals surface area (Å²) in [5, 5.41) is 0.355. The number of fused-ring (bicyclic) bond motifs is 2. The molecule has 1 unspecified atom stereocenters. The Balaban J connectivity index is 1.57. The van der Waals surface area contributed by atoms with Crippen LogP contribution in [0.3, 0.4) is 0 Å². The third-order valence-corrected chi connectivity index (χ3v) is 5.16. The number of hydrogen-bond acceptors (Lipinski definition) is 4. The number of aromatic nitrogens is 3. The van der Waals surface area contributed by atoms with Crippen molar-refractivity contribution in [2.24, 2.45) is 0 Å². The Morgan fingerprint density at radius 3 is 2.68 bits per heavy atom. The van der Waals surface area contributed by atoms with Gasteiger partial charge in [0.2, 0.25) is 0 Å². The van der Waals surface area contributed by atoms with E-state index in [4.69, 9.17) is 0 Å². The predicted molar refractivity (Wildman–Crippen MR) is 107 cm³/mol. The van der Waals surface area contributed by atoms with Crippen LogP contribution in [0.1, 0.15) is 27.5 Å². The van der Waals surface area contributed by atoms with Crippen LogP contribution in [0, 0.1) is 0 Å². The van der Waals surface area contributed by atoms with Gasteiger partial charge in [-0.25, -0.2) is 9.97 Å². The second-order valence-electron chi connectivity index (χ2n) is 6.76. The van der Waals surface area contributed by atoms with E-state index in [2.05, 4.69) is 33.2 Å². The molecule has 0 fully saturated rings. The van der Waals surface area contributed by atoms with Crippen molar-refractivity contribution < 1.29 is 4.79 Å². The lowest BCUT2D eigenvalue weighted by Gasteiger charge is -2.17. The number of carbonyl (C=O) groups is 1. The number of pyridine rings is 1. The molecule has 6 nitrogen and oxygen atoms in total. The monoisotopic (exact) mass is 368 g/mol. The SMILES string of the molecule is O=C(c1cc2c(=O)[nH]cnc2cn1)N1CC(c2ccccc2)c2ccccc21. The molecule has 0 aliphatic carbocycles. The molecule has 0 saturated carbocycles. The Morgan fingerprint density at radius 1 is 1.04 bits per heavy atom. The maximum absolute atomic E-state index is 13.3. The topological polar surface area (TPSA) is 79.0 Å². The number of nitrogens with one attached hydrogen (secondary N) is 1. The van der Waals surface area contributed by atoms with E-state index in [1.165, 1.54) is 18.6 Å². The standard InChI is InChI=1S/C22H16N4O2/c27-21-16-10-18(23-11-19(16)24-13-25-21)22(28)26-12-17(14-6-2-1-3-7-14)15-8-4-5-9-20(15)26/h1-11,13,17H,12H2,(H,24,25,27). The van der Waals surface area contributed by atoms with Gasteiger partial charge >= 0.3 is 0 Å². The molecule has 1 aliphatic rings. The van der Waals surface area contributed by atoms with Gasteiger partial charge in [-0.2, -0.15) is 0 Å². The normalized spacial score (nSPS) is 15.6. The number of rotatable bonds is 2. The van der Waals surface area contributed by atoms with Crippen LogP contribution in [0.15, 0.2) is 78.0 Å². The molecule has 3 heterocycles. The van der Waals surface area contributed by atoms with Gasteiger partial charge in [0.15, 0.2) is 0 Å². The van der Waals surface area contributed by atoms with Crippen molar-refractivity contribution in [2.45, 2.75) is 5.92 Å². The number of nitrogens with zero attached hydrogens (tertiary/aromatic N) is 3. The molecule has 0 radical (unpaired) electrons. The number of benzene rings is 2. The maximum atomic E-state index is 13.3. The van der Waals surface area contributed by atoms with Crippen molar-refractivity contribution in [1.82, 2.24) is 15.0 Å². The van der Waals surface area contributed by atoms with E-state index in [0.717, 1.165) is 16.8 Å². The van der Waals surface area contributed by atoms with Crippen LogP contribution in [0.4, 0.5) is 5.69 Å². The van der Waals surface area contributed by atoms with E-state index in [1.54, 1.807) is 4.90 Å². The molecule has 1 atom stereocenters. The number of hydrogen-bond donors (Lipinski definition) is 1. The lowest BCUT2D eigenvalue weighted by Crippen LogP contribution is -2.30. The van der Waals surface area contributed by atoms with E-state index >= 15 is 0 Å². The largest absolute Gasteiger partial charge is 0.313 e. The smallest absolute Gasteiger partial charge is 0.276 e. The average Bonchev–Trinajstić information content (AvgIpc) is 3.14. The first-order valence-corrected chi connectivity index (χ1v) is 9.01. The Morgan fingerprint density at radius 2 is 1.82 bits per heavy atom. The molecule has 0 spiro atoms. The first kappa shape index (κ1) is 16.4. The second-order valence-corrected chi connectivity index (χ2v) is 6.76. The zero-order valence-electron chi connectivity index (χ0n) is 14.9. The van der Waals surface area contributed by atoms with Gasteiger partial charge in [-0.05, 0) is 23.3 Å². The van der Waals surface area contributed by atoms with Gasteiger partial charge in [-0.15, -0.1) is 0 Å². The van der Waals surface area contributed by atoms with Crippen LogP contribution in [0.25, 0.3) is 10.9 Å². The molecule has 1 amide bonds. The van der Waals surface area contributed by atoms with Gasteiger partial charge in [0.05, 0.1) is 23.4 Å². The Labute approximate surface area is 160 Å². The van der Waals surface area contributed by atoms with E-state index in [9.17, 15) is 9.59 Å². The van der Waals surface area contributed by atoms with Gasteiger partial charge in [-0.3, -0.25) is 9.59 Å². The highest BCUT2D eigenvalue weighted by atomic mass is 16.2. The Hall–Kier alpha value is -3.80. The quantitative estimate of drug-likeness (QED) is 0.590. The van der Waals surface area contributed by atoms with E-state index in [1.807, 2.05) is 36.4 Å². The molecule has 0 saturated heterocycles. The number of amides is 1. The van der Waals surface area contributed by atoms with E-state index in [-0.39, 0.29) is 23.1 Å². The van der Waals surface area contributed by atoms with Gasteiger partial charge < -0.3 is 9.88 Å². The Bertz CT molecular complexity index is 1250. The molecular formula is C22H16N4O2. The molecule has 6 heteroatoms. The lowest BCUT2D eigenvalue weighted by molar-refractivity contribution is 0.0984. The fourth-order valence-corrected chi connectivity index (χ4v) is 3.80. The third-order valence-electron chi connectivity index (χ3n) is 5.16. The Kier molecular flexibility index (Phi) is 3.76. The van der Waals surface area contributed by atoms with Crippen LogP contribution < -0.4 is 10.5 Å². The molecule has 2 aromatic heterocycles. The highest BCUT2D eigenvalue weighted by Crippen LogP contribution is 2.40. The van der Waals surface area contributed by atoms with E-state index < -0.39 is 0 Å². The predicted octanol–water partition coefficient (Wildman–Crippen LogP) is 3.11. The number of aromatic amines is 1. The molecule has 28 heavy (non-hydrogen) atoms. The fraction of sp³-hybridized carbons (Fsp3) is 0.0909. The molecular weight excluding hydrogens is 352 g/mol. The van der Waals surface area contributed by atoms with Crippen molar-refractivity contribution in [3.8, 4) is 0 Å². The summed E-state index contributed by atoms with van der Waals surface area (Å²) in [7, 11) is 0. The molecule has 136 valence electrons. The summed E-state index contributed by atoms with van der Waals surface area (Å²) in [6.07, 6.45) is 2.80. The van der Waals surface area contributed by atoms with Gasteiger partial charge in [0.25, 0.3) is 11.5 Å². The third kappa shape index (κ3) is 2.58. The maximum Gasteiger partial charge on any atom is 0.276 e. The van der Waals surface area contributed by atoms with Crippen molar-refractivity contribution in [1.29, 1.82) is 0 Å². The van der Waals surface area contributed by atoms with E-state index in [0.29, 0.717) is 17.4 Å². The summed E-state index contributed by atoms with van der Waals surface area (Å²) in [5.41, 5.74) is 3.56.